The van der Waals surface area contributed by atoms with Crippen LogP contribution < -0.4 is 0 Å². The summed E-state index contributed by atoms with van der Waals surface area (Å²) in [5, 5.41) is 0.460. The van der Waals surface area contributed by atoms with Crippen LogP contribution in [0.3, 0.4) is 0 Å². The van der Waals surface area contributed by atoms with E-state index in [4.69, 9.17) is 11.6 Å². The Balaban J connectivity index is 1.91. The highest BCUT2D eigenvalue weighted by molar-refractivity contribution is 6.20. The highest BCUT2D eigenvalue weighted by atomic mass is 35.5. The molecular weight excluding hydrogens is 192 g/mol. The fourth-order valence-electron chi connectivity index (χ4n) is 3.60. The van der Waals surface area contributed by atoms with Crippen molar-refractivity contribution >= 4 is 11.6 Å². The molecule has 2 aliphatic carbocycles. The van der Waals surface area contributed by atoms with Gasteiger partial charge in [-0.2, -0.15) is 0 Å². The van der Waals surface area contributed by atoms with Gasteiger partial charge >= 0.3 is 0 Å². The first-order valence-electron chi connectivity index (χ1n) is 6.28. The maximum atomic E-state index is 6.55. The first-order valence-corrected chi connectivity index (χ1v) is 6.72. The maximum Gasteiger partial charge on any atom is 0.0372 e. The Morgan fingerprint density at radius 1 is 1.21 bits per heavy atom. The summed E-state index contributed by atoms with van der Waals surface area (Å²) < 4.78 is 0. The molecule has 0 amide bonds. The van der Waals surface area contributed by atoms with E-state index >= 15 is 0 Å². The summed E-state index contributed by atoms with van der Waals surface area (Å²) in [7, 11) is 0. The normalized spacial score (nSPS) is 32.1. The molecule has 0 bridgehead atoms. The molecule has 0 aromatic heterocycles. The van der Waals surface area contributed by atoms with E-state index in [1.165, 1.54) is 44.9 Å². The van der Waals surface area contributed by atoms with Gasteiger partial charge < -0.3 is 0 Å². The zero-order valence-electron chi connectivity index (χ0n) is 9.56. The standard InChI is InChI=1S/C13H23Cl/c1-10(2)9-12(14)11-5-8-13(11)6-3-4-7-13/h10-12H,3-9H2,1-2H3. The third-order valence-corrected chi connectivity index (χ3v) is 4.95. The molecule has 0 saturated heterocycles. The van der Waals surface area contributed by atoms with Crippen LogP contribution in [0.15, 0.2) is 0 Å². The van der Waals surface area contributed by atoms with E-state index in [1.54, 1.807) is 0 Å². The second-order valence-electron chi connectivity index (χ2n) is 5.86. The van der Waals surface area contributed by atoms with Gasteiger partial charge in [0.2, 0.25) is 0 Å². The molecule has 0 aliphatic heterocycles. The minimum absolute atomic E-state index is 0.460. The Morgan fingerprint density at radius 2 is 1.86 bits per heavy atom. The van der Waals surface area contributed by atoms with Crippen LogP contribution in [0.5, 0.6) is 0 Å². The van der Waals surface area contributed by atoms with Crippen molar-refractivity contribution in [1.29, 1.82) is 0 Å². The lowest BCUT2D eigenvalue weighted by Crippen LogP contribution is -2.43. The lowest BCUT2D eigenvalue weighted by atomic mass is 9.57. The van der Waals surface area contributed by atoms with E-state index in [0.717, 1.165) is 11.8 Å². The summed E-state index contributed by atoms with van der Waals surface area (Å²) in [5.41, 5.74) is 0.710. The van der Waals surface area contributed by atoms with Gasteiger partial charge in [0, 0.05) is 5.38 Å². The lowest BCUT2D eigenvalue weighted by Gasteiger charge is -2.50. The highest BCUT2D eigenvalue weighted by Crippen LogP contribution is 2.59. The molecule has 2 fully saturated rings. The average Bonchev–Trinajstić information content (AvgIpc) is 2.49. The predicted octanol–water partition coefficient (Wildman–Crippen LogP) is 4.61. The van der Waals surface area contributed by atoms with Gasteiger partial charge in [-0.3, -0.25) is 0 Å². The number of halogens is 1. The van der Waals surface area contributed by atoms with Crippen LogP contribution in [0.2, 0.25) is 0 Å². The van der Waals surface area contributed by atoms with E-state index < -0.39 is 0 Å². The number of rotatable bonds is 3. The largest absolute Gasteiger partial charge is 0.123 e. The van der Waals surface area contributed by atoms with Gasteiger partial charge in [-0.25, -0.2) is 0 Å². The molecule has 0 radical (unpaired) electrons. The molecule has 2 rings (SSSR count). The van der Waals surface area contributed by atoms with Crippen molar-refractivity contribution < 1.29 is 0 Å². The molecule has 0 nitrogen and oxygen atoms in total. The Kier molecular flexibility index (Phi) is 3.12. The SMILES string of the molecule is CC(C)CC(Cl)C1CCC12CCCC2. The molecule has 0 heterocycles. The van der Waals surface area contributed by atoms with Crippen LogP contribution in [0.4, 0.5) is 0 Å². The monoisotopic (exact) mass is 214 g/mol. The van der Waals surface area contributed by atoms with Crippen LogP contribution >= 0.6 is 11.6 Å². The van der Waals surface area contributed by atoms with Gasteiger partial charge in [-0.1, -0.05) is 26.7 Å². The van der Waals surface area contributed by atoms with E-state index in [-0.39, 0.29) is 0 Å². The summed E-state index contributed by atoms with van der Waals surface area (Å²) in [6.07, 6.45) is 9.95. The van der Waals surface area contributed by atoms with Crippen molar-refractivity contribution in [3.8, 4) is 0 Å². The van der Waals surface area contributed by atoms with Crippen molar-refractivity contribution in [2.75, 3.05) is 0 Å². The molecule has 14 heavy (non-hydrogen) atoms. The molecular formula is C13H23Cl. The van der Waals surface area contributed by atoms with Crippen LogP contribution in [-0.2, 0) is 0 Å². The number of hydrogen-bond acceptors (Lipinski definition) is 0. The number of hydrogen-bond donors (Lipinski definition) is 0. The highest BCUT2D eigenvalue weighted by Gasteiger charge is 2.50. The molecule has 0 N–H and O–H groups in total. The second kappa shape index (κ2) is 4.04. The van der Waals surface area contributed by atoms with Crippen LogP contribution in [0, 0.1) is 17.3 Å². The van der Waals surface area contributed by atoms with E-state index in [1.807, 2.05) is 0 Å². The first kappa shape index (κ1) is 10.8. The van der Waals surface area contributed by atoms with Gasteiger partial charge in [0.15, 0.2) is 0 Å². The summed E-state index contributed by atoms with van der Waals surface area (Å²) in [4.78, 5) is 0. The van der Waals surface area contributed by atoms with Gasteiger partial charge in [0.1, 0.15) is 0 Å². The van der Waals surface area contributed by atoms with Crippen LogP contribution in [-0.4, -0.2) is 5.38 Å². The minimum atomic E-state index is 0.460. The second-order valence-corrected chi connectivity index (χ2v) is 6.42. The summed E-state index contributed by atoms with van der Waals surface area (Å²) in [6.45, 7) is 4.57. The van der Waals surface area contributed by atoms with E-state index in [2.05, 4.69) is 13.8 Å². The smallest absolute Gasteiger partial charge is 0.0372 e. The fourth-order valence-corrected chi connectivity index (χ4v) is 4.35. The molecule has 2 unspecified atom stereocenters. The topological polar surface area (TPSA) is 0 Å². The van der Waals surface area contributed by atoms with E-state index in [0.29, 0.717) is 10.8 Å². The van der Waals surface area contributed by atoms with Crippen molar-refractivity contribution in [3.05, 3.63) is 0 Å². The van der Waals surface area contributed by atoms with Gasteiger partial charge in [-0.15, -0.1) is 11.6 Å². The van der Waals surface area contributed by atoms with Gasteiger partial charge in [0.05, 0.1) is 0 Å². The van der Waals surface area contributed by atoms with Crippen molar-refractivity contribution in [2.24, 2.45) is 17.3 Å². The molecule has 0 aromatic carbocycles. The summed E-state index contributed by atoms with van der Waals surface area (Å²) in [6, 6.07) is 0. The van der Waals surface area contributed by atoms with Gasteiger partial charge in [0.25, 0.3) is 0 Å². The van der Waals surface area contributed by atoms with Crippen molar-refractivity contribution in [2.45, 2.75) is 64.2 Å². The van der Waals surface area contributed by atoms with Crippen LogP contribution in [0.1, 0.15) is 58.8 Å². The third-order valence-electron chi connectivity index (χ3n) is 4.47. The fraction of sp³-hybridized carbons (Fsp3) is 1.00. The quantitative estimate of drug-likeness (QED) is 0.602. The lowest BCUT2D eigenvalue weighted by molar-refractivity contribution is 0.0300. The Labute approximate surface area is 93.4 Å². The molecule has 2 atom stereocenters. The van der Waals surface area contributed by atoms with Crippen molar-refractivity contribution in [1.82, 2.24) is 0 Å². The number of alkyl halides is 1. The molecule has 2 aliphatic rings. The third kappa shape index (κ3) is 1.83. The summed E-state index contributed by atoms with van der Waals surface area (Å²) >= 11 is 6.55. The Morgan fingerprint density at radius 3 is 2.29 bits per heavy atom. The average molecular weight is 215 g/mol. The Hall–Kier alpha value is 0.290. The molecule has 1 heteroatoms. The minimum Gasteiger partial charge on any atom is -0.123 e. The molecule has 2 saturated carbocycles. The molecule has 0 aromatic rings. The maximum absolute atomic E-state index is 6.55. The van der Waals surface area contributed by atoms with E-state index in [9.17, 15) is 0 Å². The Bertz CT molecular complexity index is 191. The van der Waals surface area contributed by atoms with Crippen LogP contribution in [0.25, 0.3) is 0 Å². The molecule has 82 valence electrons. The zero-order valence-corrected chi connectivity index (χ0v) is 10.3. The first-order chi connectivity index (χ1) is 6.64. The molecule has 1 spiro atoms. The summed E-state index contributed by atoms with van der Waals surface area (Å²) in [5.74, 6) is 1.62. The van der Waals surface area contributed by atoms with Gasteiger partial charge in [-0.05, 0) is 49.4 Å². The van der Waals surface area contributed by atoms with Crippen molar-refractivity contribution in [3.63, 3.8) is 0 Å². The zero-order chi connectivity index (χ0) is 10.2. The predicted molar refractivity (Wildman–Crippen MR) is 62.7 cm³/mol.